The zero-order chi connectivity index (χ0) is 9.12. The summed E-state index contributed by atoms with van der Waals surface area (Å²) in [7, 11) is 0. The van der Waals surface area contributed by atoms with Gasteiger partial charge < -0.3 is 0 Å². The molecule has 0 N–H and O–H groups in total. The van der Waals surface area contributed by atoms with Crippen molar-refractivity contribution in [3.05, 3.63) is 0 Å². The predicted molar refractivity (Wildman–Crippen MR) is 37.4 cm³/mol. The first kappa shape index (κ1) is 10.2. The molecule has 0 aliphatic heterocycles. The van der Waals surface area contributed by atoms with Gasteiger partial charge in [-0.05, 0) is 0 Å². The van der Waals surface area contributed by atoms with Crippen molar-refractivity contribution in [2.45, 2.75) is 26.7 Å². The molecule has 0 unspecified atom stereocenters. The number of hydrogen-bond acceptors (Lipinski definition) is 2. The summed E-state index contributed by atoms with van der Waals surface area (Å²) in [5.41, 5.74) is -1.16. The van der Waals surface area contributed by atoms with Crippen molar-refractivity contribution in [2.24, 2.45) is 10.4 Å². The van der Waals surface area contributed by atoms with Crippen LogP contribution >= 0.6 is 0 Å². The zero-order valence-corrected chi connectivity index (χ0v) is 6.82. The van der Waals surface area contributed by atoms with Crippen molar-refractivity contribution < 1.29 is 13.6 Å². The van der Waals surface area contributed by atoms with E-state index in [-0.39, 0.29) is 0 Å². The topological polar surface area (TPSA) is 29.4 Å². The van der Waals surface area contributed by atoms with Crippen LogP contribution in [-0.2, 0) is 4.79 Å². The lowest BCUT2D eigenvalue weighted by atomic mass is 9.88. The minimum atomic E-state index is -2.94. The monoisotopic (exact) mass is 163 g/mol. The van der Waals surface area contributed by atoms with Crippen LogP contribution in [0.2, 0.25) is 0 Å². The minimum Gasteiger partial charge on any atom is -0.211 e. The Kier molecular flexibility index (Phi) is 2.88. The van der Waals surface area contributed by atoms with E-state index < -0.39 is 17.9 Å². The average molecular weight is 163 g/mol. The number of halogens is 2. The maximum absolute atomic E-state index is 12.8. The molecule has 0 bridgehead atoms. The molecule has 0 aliphatic carbocycles. The molecular weight excluding hydrogens is 152 g/mol. The maximum Gasteiger partial charge on any atom is 0.272 e. The van der Waals surface area contributed by atoms with Crippen LogP contribution in [0.4, 0.5) is 8.78 Å². The minimum absolute atomic E-state index is 0.778. The highest BCUT2D eigenvalue weighted by atomic mass is 19.3. The molecule has 0 saturated heterocycles. The number of isocyanates is 1. The fourth-order valence-electron chi connectivity index (χ4n) is 0.369. The van der Waals surface area contributed by atoms with Gasteiger partial charge in [-0.1, -0.05) is 20.8 Å². The third-order valence-electron chi connectivity index (χ3n) is 1.44. The first-order chi connectivity index (χ1) is 4.81. The van der Waals surface area contributed by atoms with E-state index in [0.29, 0.717) is 0 Å². The molecule has 11 heavy (non-hydrogen) atoms. The van der Waals surface area contributed by atoms with Crippen molar-refractivity contribution in [3.8, 4) is 0 Å². The highest BCUT2D eigenvalue weighted by Gasteiger charge is 2.42. The van der Waals surface area contributed by atoms with Crippen LogP contribution in [0, 0.1) is 5.41 Å². The van der Waals surface area contributed by atoms with Gasteiger partial charge in [0.1, 0.15) is 6.54 Å². The number of nitrogens with zero attached hydrogens (tertiary/aromatic N) is 1. The second-order valence-electron chi connectivity index (χ2n) is 3.36. The van der Waals surface area contributed by atoms with Gasteiger partial charge in [0.25, 0.3) is 5.92 Å². The van der Waals surface area contributed by atoms with E-state index >= 15 is 0 Å². The third kappa shape index (κ3) is 2.76. The van der Waals surface area contributed by atoms with Gasteiger partial charge in [0.15, 0.2) is 0 Å². The normalized spacial score (nSPS) is 12.5. The molecule has 0 aliphatic rings. The lowest BCUT2D eigenvalue weighted by Gasteiger charge is -2.28. The van der Waals surface area contributed by atoms with E-state index in [4.69, 9.17) is 0 Å². The highest BCUT2D eigenvalue weighted by molar-refractivity contribution is 5.33. The smallest absolute Gasteiger partial charge is 0.211 e. The van der Waals surface area contributed by atoms with Gasteiger partial charge in [0, 0.05) is 5.41 Å². The third-order valence-corrected chi connectivity index (χ3v) is 1.44. The van der Waals surface area contributed by atoms with Crippen LogP contribution in [0.15, 0.2) is 4.99 Å². The molecule has 0 fully saturated rings. The maximum atomic E-state index is 12.8. The molecule has 0 aromatic carbocycles. The molecule has 0 aromatic rings. The fourth-order valence-corrected chi connectivity index (χ4v) is 0.369. The van der Waals surface area contributed by atoms with Crippen LogP contribution in [0.1, 0.15) is 20.8 Å². The molecule has 2 nitrogen and oxygen atoms in total. The van der Waals surface area contributed by atoms with Gasteiger partial charge in [0.2, 0.25) is 6.08 Å². The summed E-state index contributed by atoms with van der Waals surface area (Å²) in [4.78, 5) is 12.4. The number of alkyl halides is 2. The number of aliphatic imine (C=N–C) groups is 1. The van der Waals surface area contributed by atoms with Crippen molar-refractivity contribution >= 4 is 6.08 Å². The number of rotatable bonds is 2. The molecule has 0 radical (unpaired) electrons. The first-order valence-electron chi connectivity index (χ1n) is 3.23. The summed E-state index contributed by atoms with van der Waals surface area (Å²) in [6.45, 7) is 3.41. The molecule has 0 spiro atoms. The first-order valence-corrected chi connectivity index (χ1v) is 3.23. The van der Waals surface area contributed by atoms with Crippen LogP contribution < -0.4 is 0 Å². The lowest BCUT2D eigenvalue weighted by molar-refractivity contribution is -0.0865. The fraction of sp³-hybridized carbons (Fsp3) is 0.857. The van der Waals surface area contributed by atoms with Gasteiger partial charge in [-0.2, -0.15) is 4.99 Å². The van der Waals surface area contributed by atoms with Crippen LogP contribution in [0.25, 0.3) is 0 Å². The van der Waals surface area contributed by atoms with E-state index in [9.17, 15) is 13.6 Å². The Morgan fingerprint density at radius 1 is 1.36 bits per heavy atom. The summed E-state index contributed by atoms with van der Waals surface area (Å²) in [6.07, 6.45) is 1.09. The van der Waals surface area contributed by atoms with Gasteiger partial charge >= 0.3 is 0 Å². The van der Waals surface area contributed by atoms with Gasteiger partial charge in [-0.15, -0.1) is 0 Å². The van der Waals surface area contributed by atoms with E-state index in [1.165, 1.54) is 20.8 Å². The van der Waals surface area contributed by atoms with Crippen LogP contribution in [-0.4, -0.2) is 18.5 Å². The predicted octanol–water partition coefficient (Wildman–Crippen LogP) is 2.00. The lowest BCUT2D eigenvalue weighted by Crippen LogP contribution is -2.36. The Labute approximate surface area is 64.3 Å². The molecule has 4 heteroatoms. The Hall–Kier alpha value is -0.760. The second-order valence-corrected chi connectivity index (χ2v) is 3.36. The molecule has 0 rings (SSSR count). The van der Waals surface area contributed by atoms with E-state index in [1.54, 1.807) is 0 Å². The molecule has 0 atom stereocenters. The van der Waals surface area contributed by atoms with Crippen molar-refractivity contribution in [3.63, 3.8) is 0 Å². The summed E-state index contributed by atoms with van der Waals surface area (Å²) in [6, 6.07) is 0. The quantitative estimate of drug-likeness (QED) is 0.452. The second kappa shape index (κ2) is 3.09. The van der Waals surface area contributed by atoms with Gasteiger partial charge in [-0.3, -0.25) is 0 Å². The molecule has 0 aromatic heterocycles. The Morgan fingerprint density at radius 3 is 2.09 bits per heavy atom. The van der Waals surface area contributed by atoms with Crippen molar-refractivity contribution in [1.29, 1.82) is 0 Å². The van der Waals surface area contributed by atoms with E-state index in [2.05, 4.69) is 4.99 Å². The number of carbonyl (C=O) groups excluding carboxylic acids is 1. The van der Waals surface area contributed by atoms with Gasteiger partial charge in [-0.25, -0.2) is 13.6 Å². The molecule has 0 heterocycles. The highest BCUT2D eigenvalue weighted by Crippen LogP contribution is 2.35. The molecule has 0 saturated carbocycles. The Balaban J connectivity index is 4.33. The standard InChI is InChI=1S/C7H11F2NO/c1-6(2,3)7(8,9)4-10-5-11/h4H2,1-3H3. The summed E-state index contributed by atoms with van der Waals surface area (Å²) < 4.78 is 25.7. The van der Waals surface area contributed by atoms with E-state index in [1.807, 2.05) is 0 Å². The average Bonchev–Trinajstić information content (AvgIpc) is 1.81. The van der Waals surface area contributed by atoms with Crippen LogP contribution in [0.3, 0.4) is 0 Å². The van der Waals surface area contributed by atoms with E-state index in [0.717, 1.165) is 6.08 Å². The van der Waals surface area contributed by atoms with Crippen LogP contribution in [0.5, 0.6) is 0 Å². The number of hydrogen-bond donors (Lipinski definition) is 0. The molecular formula is C7H11F2NO. The Bertz CT molecular complexity index is 177. The van der Waals surface area contributed by atoms with Crippen molar-refractivity contribution in [2.75, 3.05) is 6.54 Å². The SMILES string of the molecule is CC(C)(C)C(F)(F)CN=C=O. The molecule has 0 amide bonds. The van der Waals surface area contributed by atoms with Crippen molar-refractivity contribution in [1.82, 2.24) is 0 Å². The largest absolute Gasteiger partial charge is 0.272 e. The summed E-state index contributed by atoms with van der Waals surface area (Å²) in [5.74, 6) is -2.94. The summed E-state index contributed by atoms with van der Waals surface area (Å²) >= 11 is 0. The van der Waals surface area contributed by atoms with Gasteiger partial charge in [0.05, 0.1) is 0 Å². The zero-order valence-electron chi connectivity index (χ0n) is 6.82. The Morgan fingerprint density at radius 2 is 1.82 bits per heavy atom. The summed E-state index contributed by atoms with van der Waals surface area (Å²) in [5, 5.41) is 0. The molecule has 64 valence electrons.